The lowest BCUT2D eigenvalue weighted by molar-refractivity contribution is 0.794. The van der Waals surface area contributed by atoms with Crippen molar-refractivity contribution in [3.05, 3.63) is 77.5 Å². The van der Waals surface area contributed by atoms with Crippen molar-refractivity contribution in [1.82, 2.24) is 15.6 Å². The average Bonchev–Trinajstić information content (AvgIpc) is 3.39. The first-order valence-corrected chi connectivity index (χ1v) is 10.2. The molecule has 0 amide bonds. The summed E-state index contributed by atoms with van der Waals surface area (Å²) >= 11 is 0. The number of H-pyrrole nitrogens is 1. The van der Waals surface area contributed by atoms with Gasteiger partial charge in [-0.2, -0.15) is 0 Å². The molecular weight excluding hydrogens is 485 g/mol. The highest BCUT2D eigenvalue weighted by atomic mass is 127. The largest absolute Gasteiger partial charge is 0.364 e. The number of aromatic nitrogens is 1. The minimum Gasteiger partial charge on any atom is -0.364 e. The quantitative estimate of drug-likeness (QED) is 0.198. The van der Waals surface area contributed by atoms with E-state index in [1.165, 1.54) is 33.4 Å². The molecule has 0 radical (unpaired) electrons. The summed E-state index contributed by atoms with van der Waals surface area (Å²) in [6.45, 7) is 5.74. The summed E-state index contributed by atoms with van der Waals surface area (Å²) in [5, 5.41) is 8.15. The molecule has 0 saturated heterocycles. The Morgan fingerprint density at radius 2 is 1.77 bits per heavy atom. The van der Waals surface area contributed by atoms with Crippen molar-refractivity contribution in [2.45, 2.75) is 19.9 Å². The van der Waals surface area contributed by atoms with Crippen LogP contribution in [-0.2, 0) is 13.0 Å². The zero-order valence-electron chi connectivity index (χ0n) is 17.6. The fourth-order valence-electron chi connectivity index (χ4n) is 3.88. The van der Waals surface area contributed by atoms with Crippen molar-refractivity contribution in [3.63, 3.8) is 0 Å². The maximum absolute atomic E-state index is 4.36. The van der Waals surface area contributed by atoms with Gasteiger partial charge in [-0.1, -0.05) is 42.5 Å². The number of aromatic amines is 1. The summed E-state index contributed by atoms with van der Waals surface area (Å²) in [6.07, 6.45) is 5.38. The fraction of sp³-hybridized carbons (Fsp3) is 0.292. The van der Waals surface area contributed by atoms with E-state index in [4.69, 9.17) is 0 Å². The van der Waals surface area contributed by atoms with E-state index in [-0.39, 0.29) is 24.0 Å². The van der Waals surface area contributed by atoms with Gasteiger partial charge in [-0.05, 0) is 42.7 Å². The zero-order chi connectivity index (χ0) is 20.1. The summed E-state index contributed by atoms with van der Waals surface area (Å²) in [5.74, 6) is 0.829. The van der Waals surface area contributed by atoms with Gasteiger partial charge >= 0.3 is 0 Å². The number of aryl methyl sites for hydroxylation is 1. The van der Waals surface area contributed by atoms with Crippen molar-refractivity contribution in [2.24, 2.45) is 4.99 Å². The van der Waals surface area contributed by atoms with Gasteiger partial charge in [-0.3, -0.25) is 4.99 Å². The molecule has 3 N–H and O–H groups in total. The molecule has 2 heterocycles. The molecule has 1 aliphatic rings. The molecule has 4 rings (SSSR count). The van der Waals surface area contributed by atoms with E-state index in [0.29, 0.717) is 0 Å². The Bertz CT molecular complexity index is 1010. The smallest absolute Gasteiger partial charge is 0.191 e. The molecule has 5 nitrogen and oxygen atoms in total. The fourth-order valence-corrected chi connectivity index (χ4v) is 3.88. The minimum absolute atomic E-state index is 0. The van der Waals surface area contributed by atoms with Crippen LogP contribution in [0.3, 0.4) is 0 Å². The van der Waals surface area contributed by atoms with Gasteiger partial charge in [0.25, 0.3) is 0 Å². The van der Waals surface area contributed by atoms with Gasteiger partial charge in [0.1, 0.15) is 0 Å². The maximum Gasteiger partial charge on any atom is 0.191 e. The highest BCUT2D eigenvalue weighted by Gasteiger charge is 2.09. The van der Waals surface area contributed by atoms with Crippen LogP contribution in [0.1, 0.15) is 16.8 Å². The van der Waals surface area contributed by atoms with E-state index in [0.717, 1.165) is 38.6 Å². The predicted molar refractivity (Wildman–Crippen MR) is 138 cm³/mol. The first kappa shape index (κ1) is 22.2. The Labute approximate surface area is 195 Å². The van der Waals surface area contributed by atoms with Gasteiger partial charge in [-0.15, -0.1) is 24.0 Å². The molecule has 0 saturated carbocycles. The van der Waals surface area contributed by atoms with Crippen molar-refractivity contribution in [3.8, 4) is 0 Å². The summed E-state index contributed by atoms with van der Waals surface area (Å²) in [5.41, 5.74) is 6.34. The maximum atomic E-state index is 4.36. The molecule has 6 heteroatoms. The van der Waals surface area contributed by atoms with Crippen LogP contribution in [-0.4, -0.2) is 37.6 Å². The lowest BCUT2D eigenvalue weighted by atomic mass is 10.1. The SMILES string of the molecule is CN=C(NCCc1c(C)[nH]c2ccccc12)NCc1ccc(N2CC=CC2)cc1.I. The van der Waals surface area contributed by atoms with Gasteiger partial charge in [0.05, 0.1) is 0 Å². The molecule has 0 bridgehead atoms. The second kappa shape index (κ2) is 10.5. The number of aliphatic imine (C=N–C) groups is 1. The predicted octanol–water partition coefficient (Wildman–Crippen LogP) is 4.38. The molecule has 2 aromatic carbocycles. The number of guanidine groups is 1. The highest BCUT2D eigenvalue weighted by Crippen LogP contribution is 2.22. The molecule has 0 atom stereocenters. The third-order valence-electron chi connectivity index (χ3n) is 5.50. The van der Waals surface area contributed by atoms with Gasteiger partial charge in [0.15, 0.2) is 5.96 Å². The van der Waals surface area contributed by atoms with Crippen LogP contribution >= 0.6 is 24.0 Å². The van der Waals surface area contributed by atoms with Crippen LogP contribution in [0.25, 0.3) is 10.9 Å². The molecule has 0 aliphatic carbocycles. The Morgan fingerprint density at radius 3 is 2.50 bits per heavy atom. The van der Waals surface area contributed by atoms with Gasteiger partial charge < -0.3 is 20.5 Å². The standard InChI is InChI=1S/C24H29N5.HI/c1-18-21(22-7-3-4-8-23(22)28-18)13-14-26-24(25-2)27-17-19-9-11-20(12-10-19)29-15-5-6-16-29;/h3-12,28H,13-17H2,1-2H3,(H2,25,26,27);1H. The summed E-state index contributed by atoms with van der Waals surface area (Å²) in [7, 11) is 1.82. The molecule has 1 aromatic heterocycles. The molecule has 0 spiro atoms. The molecular formula is C24H30IN5. The van der Waals surface area contributed by atoms with Crippen molar-refractivity contribution in [2.75, 3.05) is 31.6 Å². The number of nitrogens with zero attached hydrogens (tertiary/aromatic N) is 2. The van der Waals surface area contributed by atoms with E-state index in [1.807, 2.05) is 7.05 Å². The lowest BCUT2D eigenvalue weighted by Gasteiger charge is -2.18. The molecule has 0 unspecified atom stereocenters. The third-order valence-corrected chi connectivity index (χ3v) is 5.50. The number of benzene rings is 2. The third kappa shape index (κ3) is 5.16. The van der Waals surface area contributed by atoms with E-state index < -0.39 is 0 Å². The van der Waals surface area contributed by atoms with E-state index in [9.17, 15) is 0 Å². The summed E-state index contributed by atoms with van der Waals surface area (Å²) in [4.78, 5) is 10.2. The van der Waals surface area contributed by atoms with Crippen molar-refractivity contribution < 1.29 is 0 Å². The lowest BCUT2D eigenvalue weighted by Crippen LogP contribution is -2.37. The topological polar surface area (TPSA) is 55.5 Å². The van der Waals surface area contributed by atoms with Gasteiger partial charge in [0, 0.05) is 55.5 Å². The normalized spacial score (nSPS) is 13.5. The number of anilines is 1. The van der Waals surface area contributed by atoms with E-state index in [2.05, 4.69) is 93.1 Å². The van der Waals surface area contributed by atoms with Crippen LogP contribution in [0.15, 0.2) is 65.7 Å². The Kier molecular flexibility index (Phi) is 7.79. The number of hydrogen-bond acceptors (Lipinski definition) is 2. The van der Waals surface area contributed by atoms with Crippen LogP contribution in [0, 0.1) is 6.92 Å². The number of para-hydroxylation sites is 1. The number of rotatable bonds is 6. The highest BCUT2D eigenvalue weighted by molar-refractivity contribution is 14.0. The Morgan fingerprint density at radius 1 is 1.03 bits per heavy atom. The van der Waals surface area contributed by atoms with Gasteiger partial charge in [-0.25, -0.2) is 0 Å². The number of nitrogens with one attached hydrogen (secondary N) is 3. The Hall–Kier alpha value is -2.48. The van der Waals surface area contributed by atoms with E-state index in [1.54, 1.807) is 0 Å². The number of hydrogen-bond donors (Lipinski definition) is 3. The first-order chi connectivity index (χ1) is 14.2. The van der Waals surface area contributed by atoms with Crippen LogP contribution in [0.4, 0.5) is 5.69 Å². The molecule has 158 valence electrons. The summed E-state index contributed by atoms with van der Waals surface area (Å²) in [6, 6.07) is 17.2. The number of halogens is 1. The second-order valence-corrected chi connectivity index (χ2v) is 7.42. The molecule has 1 aliphatic heterocycles. The molecule has 30 heavy (non-hydrogen) atoms. The van der Waals surface area contributed by atoms with E-state index >= 15 is 0 Å². The molecule has 0 fully saturated rings. The van der Waals surface area contributed by atoms with Crippen LogP contribution < -0.4 is 15.5 Å². The van der Waals surface area contributed by atoms with Crippen molar-refractivity contribution >= 4 is 46.5 Å². The Balaban J connectivity index is 0.00000256. The summed E-state index contributed by atoms with van der Waals surface area (Å²) < 4.78 is 0. The number of fused-ring (bicyclic) bond motifs is 1. The second-order valence-electron chi connectivity index (χ2n) is 7.42. The van der Waals surface area contributed by atoms with Gasteiger partial charge in [0.2, 0.25) is 0 Å². The average molecular weight is 515 g/mol. The first-order valence-electron chi connectivity index (χ1n) is 10.2. The molecule has 3 aromatic rings. The monoisotopic (exact) mass is 515 g/mol. The minimum atomic E-state index is 0. The van der Waals surface area contributed by atoms with Crippen molar-refractivity contribution in [1.29, 1.82) is 0 Å². The zero-order valence-corrected chi connectivity index (χ0v) is 19.9. The van der Waals surface area contributed by atoms with Crippen LogP contribution in [0.2, 0.25) is 0 Å². The van der Waals surface area contributed by atoms with Crippen LogP contribution in [0.5, 0.6) is 0 Å².